The molecule has 0 aliphatic rings. The van der Waals surface area contributed by atoms with Crippen LogP contribution in [0.4, 0.5) is 0 Å². The third kappa shape index (κ3) is 1.19. The van der Waals surface area contributed by atoms with Crippen molar-refractivity contribution in [1.29, 1.82) is 0 Å². The molecule has 5 rings (SSSR count). The van der Waals surface area contributed by atoms with Crippen molar-refractivity contribution < 1.29 is 4.42 Å². The van der Waals surface area contributed by atoms with Gasteiger partial charge in [0, 0.05) is 0 Å². The van der Waals surface area contributed by atoms with Crippen molar-refractivity contribution in [2.45, 2.75) is 0 Å². The number of hydrogen-bond acceptors (Lipinski definition) is 3. The molecule has 0 bridgehead atoms. The lowest BCUT2D eigenvalue weighted by molar-refractivity contribution is 0.500. The van der Waals surface area contributed by atoms with Crippen molar-refractivity contribution in [3.63, 3.8) is 0 Å². The molecule has 0 unspecified atom stereocenters. The highest BCUT2D eigenvalue weighted by atomic mass is 16.4. The molecule has 4 aromatic carbocycles. The molecule has 0 spiro atoms. The van der Waals surface area contributed by atoms with E-state index < -0.39 is 11.3 Å². The molecular formula is C18H8O3. The summed E-state index contributed by atoms with van der Waals surface area (Å²) in [5.74, 6) is 0. The van der Waals surface area contributed by atoms with Gasteiger partial charge < -0.3 is 4.42 Å². The average Bonchev–Trinajstić information content (AvgIpc) is 2.79. The van der Waals surface area contributed by atoms with Gasteiger partial charge in [-0.1, -0.05) is 42.5 Å². The van der Waals surface area contributed by atoms with Gasteiger partial charge in [-0.2, -0.15) is 0 Å². The van der Waals surface area contributed by atoms with Crippen molar-refractivity contribution in [1.82, 2.24) is 0 Å². The first kappa shape index (κ1) is 10.8. The molecule has 3 nitrogen and oxygen atoms in total. The van der Waals surface area contributed by atoms with Crippen molar-refractivity contribution in [2.24, 2.45) is 0 Å². The summed E-state index contributed by atoms with van der Waals surface area (Å²) >= 11 is 0. The Morgan fingerprint density at radius 2 is 1.33 bits per heavy atom. The molecule has 0 aliphatic heterocycles. The van der Waals surface area contributed by atoms with E-state index in [4.69, 9.17) is 4.42 Å². The minimum absolute atomic E-state index is 0.367. The van der Waals surface area contributed by atoms with Crippen molar-refractivity contribution in [3.8, 4) is 0 Å². The Morgan fingerprint density at radius 1 is 0.619 bits per heavy atom. The van der Waals surface area contributed by atoms with Gasteiger partial charge in [-0.3, -0.25) is 0 Å². The average molecular weight is 272 g/mol. The molecule has 98 valence electrons. The van der Waals surface area contributed by atoms with Crippen LogP contribution in [0.15, 0.2) is 62.5 Å². The fraction of sp³-hybridized carbons (Fsp3) is 0. The molecule has 1 heterocycles. The number of hydrogen-bond donors (Lipinski definition) is 0. The van der Waals surface area contributed by atoms with Gasteiger partial charge in [-0.05, 0) is 38.4 Å². The third-order valence-corrected chi connectivity index (χ3v) is 4.26. The zero-order valence-corrected chi connectivity index (χ0v) is 10.8. The third-order valence-electron chi connectivity index (χ3n) is 4.26. The molecule has 0 amide bonds. The van der Waals surface area contributed by atoms with Gasteiger partial charge in [0.2, 0.25) is 0 Å². The molecule has 0 atom stereocenters. The maximum Gasteiger partial charge on any atom is 0.347 e. The van der Waals surface area contributed by atoms with Crippen molar-refractivity contribution in [3.05, 3.63) is 69.4 Å². The van der Waals surface area contributed by atoms with Gasteiger partial charge in [0.15, 0.2) is 0 Å². The van der Waals surface area contributed by atoms with Crippen molar-refractivity contribution >= 4 is 43.1 Å². The topological polar surface area (TPSA) is 47.3 Å². The van der Waals surface area contributed by atoms with Gasteiger partial charge >= 0.3 is 11.3 Å². The summed E-state index contributed by atoms with van der Waals surface area (Å²) in [5.41, 5.74) is -1.10. The quantitative estimate of drug-likeness (QED) is 0.405. The monoisotopic (exact) mass is 272 g/mol. The van der Waals surface area contributed by atoms with Gasteiger partial charge in [0.05, 0.1) is 10.8 Å². The van der Waals surface area contributed by atoms with Gasteiger partial charge in [-0.25, -0.2) is 9.59 Å². The molecule has 0 saturated carbocycles. The van der Waals surface area contributed by atoms with E-state index >= 15 is 0 Å². The Labute approximate surface area is 117 Å². The minimum Gasteiger partial charge on any atom is -0.386 e. The van der Waals surface area contributed by atoms with E-state index in [0.717, 1.165) is 32.3 Å². The minimum atomic E-state index is -0.555. The molecule has 0 aliphatic carbocycles. The Bertz CT molecular complexity index is 1250. The smallest absolute Gasteiger partial charge is 0.347 e. The molecule has 3 heteroatoms. The van der Waals surface area contributed by atoms with Crippen LogP contribution in [0.25, 0.3) is 43.1 Å². The Hall–Kier alpha value is -2.94. The molecule has 0 saturated heterocycles. The standard InChI is InChI=1S/C18H8O3/c19-17-13-8-11-5-4-9-2-1-3-10-6-7-12(15(11)14(9)10)16(13)18(20)21-17/h1-8H. The summed E-state index contributed by atoms with van der Waals surface area (Å²) in [6, 6.07) is 15.8. The molecule has 5 aromatic rings. The summed E-state index contributed by atoms with van der Waals surface area (Å²) in [5, 5.41) is 6.92. The summed E-state index contributed by atoms with van der Waals surface area (Å²) in [4.78, 5) is 23.8. The molecule has 21 heavy (non-hydrogen) atoms. The van der Waals surface area contributed by atoms with Gasteiger partial charge in [0.25, 0.3) is 0 Å². The fourth-order valence-electron chi connectivity index (χ4n) is 3.38. The Morgan fingerprint density at radius 3 is 2.14 bits per heavy atom. The lowest BCUT2D eigenvalue weighted by atomic mass is 9.92. The lowest BCUT2D eigenvalue weighted by Crippen LogP contribution is -1.94. The predicted octanol–water partition coefficient (Wildman–Crippen LogP) is 3.49. The van der Waals surface area contributed by atoms with Gasteiger partial charge in [-0.15, -0.1) is 0 Å². The largest absolute Gasteiger partial charge is 0.386 e. The van der Waals surface area contributed by atoms with Crippen LogP contribution in [0.2, 0.25) is 0 Å². The van der Waals surface area contributed by atoms with E-state index in [9.17, 15) is 9.59 Å². The maximum absolute atomic E-state index is 12.0. The molecule has 1 aromatic heterocycles. The molecule has 0 N–H and O–H groups in total. The van der Waals surface area contributed by atoms with E-state index in [1.165, 1.54) is 0 Å². The van der Waals surface area contributed by atoms with Crippen LogP contribution in [-0.4, -0.2) is 0 Å². The first-order valence-electron chi connectivity index (χ1n) is 6.71. The second kappa shape index (κ2) is 3.38. The van der Waals surface area contributed by atoms with Gasteiger partial charge in [0.1, 0.15) is 0 Å². The van der Waals surface area contributed by atoms with Crippen molar-refractivity contribution in [2.75, 3.05) is 0 Å². The van der Waals surface area contributed by atoms with Crippen LogP contribution in [0.1, 0.15) is 0 Å². The second-order valence-electron chi connectivity index (χ2n) is 5.33. The van der Waals surface area contributed by atoms with Crippen LogP contribution < -0.4 is 11.3 Å². The summed E-state index contributed by atoms with van der Waals surface area (Å²) in [6.07, 6.45) is 0. The highest BCUT2D eigenvalue weighted by Gasteiger charge is 2.16. The molecule has 0 radical (unpaired) electrons. The summed E-state index contributed by atoms with van der Waals surface area (Å²) in [6.45, 7) is 0. The number of benzene rings is 4. The Kier molecular flexibility index (Phi) is 1.74. The predicted molar refractivity (Wildman–Crippen MR) is 83.6 cm³/mol. The number of furan rings is 1. The van der Waals surface area contributed by atoms with E-state index in [0.29, 0.717) is 10.8 Å². The second-order valence-corrected chi connectivity index (χ2v) is 5.33. The highest BCUT2D eigenvalue weighted by Crippen LogP contribution is 2.36. The van der Waals surface area contributed by atoms with Crippen LogP contribution in [0, 0.1) is 0 Å². The van der Waals surface area contributed by atoms with Crippen LogP contribution in [0.3, 0.4) is 0 Å². The maximum atomic E-state index is 12.0. The SMILES string of the molecule is O=c1oc(=O)c2c1cc1ccc3cccc4ccc2c1c34. The van der Waals surface area contributed by atoms with E-state index in [2.05, 4.69) is 12.1 Å². The summed E-state index contributed by atoms with van der Waals surface area (Å²) < 4.78 is 4.77. The summed E-state index contributed by atoms with van der Waals surface area (Å²) in [7, 11) is 0. The first-order valence-corrected chi connectivity index (χ1v) is 6.71. The van der Waals surface area contributed by atoms with E-state index in [1.54, 1.807) is 6.07 Å². The number of rotatable bonds is 0. The zero-order valence-electron chi connectivity index (χ0n) is 10.8. The normalized spacial score (nSPS) is 12.2. The first-order chi connectivity index (χ1) is 10.2. The Balaban J connectivity index is 2.29. The van der Waals surface area contributed by atoms with E-state index in [-0.39, 0.29) is 0 Å². The zero-order chi connectivity index (χ0) is 14.1. The van der Waals surface area contributed by atoms with Crippen LogP contribution in [-0.2, 0) is 0 Å². The molecular weight excluding hydrogens is 264 g/mol. The molecule has 0 fully saturated rings. The van der Waals surface area contributed by atoms with Crippen LogP contribution in [0.5, 0.6) is 0 Å². The number of fused-ring (bicyclic) bond motifs is 2. The fourth-order valence-corrected chi connectivity index (χ4v) is 3.38. The highest BCUT2D eigenvalue weighted by molar-refractivity contribution is 6.28. The van der Waals surface area contributed by atoms with Crippen LogP contribution >= 0.6 is 0 Å². The lowest BCUT2D eigenvalue weighted by Gasteiger charge is -2.10. The van der Waals surface area contributed by atoms with E-state index in [1.807, 2.05) is 30.3 Å².